The number of hydrogen-bond donors (Lipinski definition) is 2. The first-order valence-corrected chi connectivity index (χ1v) is 9.49. The molecule has 140 valence electrons. The Kier molecular flexibility index (Phi) is 4.84. The summed E-state index contributed by atoms with van der Waals surface area (Å²) in [5.41, 5.74) is 4.60. The predicted molar refractivity (Wildman–Crippen MR) is 102 cm³/mol. The molecule has 0 aliphatic heterocycles. The van der Waals surface area contributed by atoms with Gasteiger partial charge in [0.1, 0.15) is 12.6 Å². The molecule has 2 aliphatic carbocycles. The Balaban J connectivity index is 1.45. The van der Waals surface area contributed by atoms with Crippen LogP contribution in [0, 0.1) is 5.92 Å². The Hall–Kier alpha value is -2.82. The first kappa shape index (κ1) is 17.6. The summed E-state index contributed by atoms with van der Waals surface area (Å²) in [6, 6.07) is 15.4. The van der Waals surface area contributed by atoms with Crippen LogP contribution in [0.15, 0.2) is 48.5 Å². The minimum absolute atomic E-state index is 0.0111. The minimum atomic E-state index is -0.990. The zero-order valence-corrected chi connectivity index (χ0v) is 15.1. The molecule has 1 amide bonds. The summed E-state index contributed by atoms with van der Waals surface area (Å²) >= 11 is 0. The third-order valence-electron chi connectivity index (χ3n) is 5.75. The molecule has 2 N–H and O–H groups in total. The number of carbonyl (C=O) groups is 2. The van der Waals surface area contributed by atoms with E-state index in [0.29, 0.717) is 0 Å². The first-order valence-electron chi connectivity index (χ1n) is 9.49. The number of carbonyl (C=O) groups excluding carboxylic acids is 1. The number of carboxylic acid groups (broad SMARTS) is 1. The number of amides is 1. The van der Waals surface area contributed by atoms with Crippen LogP contribution in [-0.2, 0) is 9.53 Å². The maximum absolute atomic E-state index is 12.3. The SMILES string of the molecule is O=C(NC(C(=O)O)C1CCCC1)OCC1c2ccccc2-c2ccccc21. The van der Waals surface area contributed by atoms with Gasteiger partial charge in [0.15, 0.2) is 0 Å². The number of alkyl carbamates (subject to hydrolysis) is 1. The summed E-state index contributed by atoms with van der Waals surface area (Å²) in [6.45, 7) is 0.191. The van der Waals surface area contributed by atoms with Gasteiger partial charge in [-0.3, -0.25) is 0 Å². The molecule has 0 aromatic heterocycles. The van der Waals surface area contributed by atoms with Crippen molar-refractivity contribution in [3.8, 4) is 11.1 Å². The quantitative estimate of drug-likeness (QED) is 0.834. The lowest BCUT2D eigenvalue weighted by atomic mass is 9.98. The second kappa shape index (κ2) is 7.43. The fraction of sp³-hybridized carbons (Fsp3) is 0.364. The average Bonchev–Trinajstić information content (AvgIpc) is 3.31. The lowest BCUT2D eigenvalue weighted by molar-refractivity contribution is -0.140. The van der Waals surface area contributed by atoms with Crippen molar-refractivity contribution in [1.29, 1.82) is 0 Å². The fourth-order valence-corrected chi connectivity index (χ4v) is 4.44. The molecule has 0 bridgehead atoms. The highest BCUT2D eigenvalue weighted by Crippen LogP contribution is 2.44. The summed E-state index contributed by atoms with van der Waals surface area (Å²) in [4.78, 5) is 23.8. The van der Waals surface area contributed by atoms with Crippen molar-refractivity contribution in [1.82, 2.24) is 5.32 Å². The monoisotopic (exact) mass is 365 g/mol. The highest BCUT2D eigenvalue weighted by Gasteiger charge is 2.33. The summed E-state index contributed by atoms with van der Waals surface area (Å²) in [5.74, 6) is -1.03. The van der Waals surface area contributed by atoms with E-state index in [4.69, 9.17) is 4.74 Å². The van der Waals surface area contributed by atoms with E-state index in [-0.39, 0.29) is 18.4 Å². The van der Waals surface area contributed by atoms with Gasteiger partial charge in [0.2, 0.25) is 0 Å². The zero-order valence-electron chi connectivity index (χ0n) is 15.1. The Morgan fingerprint density at radius 2 is 1.56 bits per heavy atom. The van der Waals surface area contributed by atoms with Crippen LogP contribution >= 0.6 is 0 Å². The Morgan fingerprint density at radius 1 is 1.00 bits per heavy atom. The molecule has 0 heterocycles. The molecule has 1 unspecified atom stereocenters. The maximum atomic E-state index is 12.3. The number of ether oxygens (including phenoxy) is 1. The van der Waals surface area contributed by atoms with Gasteiger partial charge in [-0.2, -0.15) is 0 Å². The van der Waals surface area contributed by atoms with Crippen LogP contribution in [0.3, 0.4) is 0 Å². The van der Waals surface area contributed by atoms with Gasteiger partial charge in [0.05, 0.1) is 0 Å². The fourth-order valence-electron chi connectivity index (χ4n) is 4.44. The van der Waals surface area contributed by atoms with E-state index in [9.17, 15) is 14.7 Å². The molecule has 2 aliphatic rings. The molecule has 1 saturated carbocycles. The zero-order chi connectivity index (χ0) is 18.8. The van der Waals surface area contributed by atoms with Crippen LogP contribution in [0.2, 0.25) is 0 Å². The molecule has 2 aromatic carbocycles. The molecule has 5 heteroatoms. The van der Waals surface area contributed by atoms with Gasteiger partial charge < -0.3 is 15.2 Å². The molecule has 0 saturated heterocycles. The Morgan fingerprint density at radius 3 is 2.11 bits per heavy atom. The topological polar surface area (TPSA) is 75.6 Å². The lowest BCUT2D eigenvalue weighted by Crippen LogP contribution is -2.45. The van der Waals surface area contributed by atoms with Crippen LogP contribution in [0.1, 0.15) is 42.7 Å². The van der Waals surface area contributed by atoms with Gasteiger partial charge >= 0.3 is 12.1 Å². The standard InChI is InChI=1S/C22H23NO4/c24-21(25)20(14-7-1-2-8-14)23-22(26)27-13-19-17-11-5-3-9-15(17)16-10-4-6-12-18(16)19/h3-6,9-12,14,19-20H,1-2,7-8,13H2,(H,23,26)(H,24,25). The minimum Gasteiger partial charge on any atom is -0.480 e. The number of hydrogen-bond acceptors (Lipinski definition) is 3. The third kappa shape index (κ3) is 3.42. The van der Waals surface area contributed by atoms with Crippen molar-refractivity contribution in [2.24, 2.45) is 5.92 Å². The number of aliphatic carboxylic acids is 1. The van der Waals surface area contributed by atoms with Crippen LogP contribution in [-0.4, -0.2) is 29.8 Å². The highest BCUT2D eigenvalue weighted by atomic mass is 16.5. The Labute approximate surface area is 158 Å². The molecule has 27 heavy (non-hydrogen) atoms. The Bertz CT molecular complexity index is 811. The van der Waals surface area contributed by atoms with Crippen molar-refractivity contribution in [2.45, 2.75) is 37.6 Å². The molecular formula is C22H23NO4. The van der Waals surface area contributed by atoms with Gasteiger partial charge in [0.25, 0.3) is 0 Å². The van der Waals surface area contributed by atoms with Gasteiger partial charge in [-0.25, -0.2) is 9.59 Å². The molecular weight excluding hydrogens is 342 g/mol. The second-order valence-corrected chi connectivity index (χ2v) is 7.33. The van der Waals surface area contributed by atoms with Crippen LogP contribution in [0.5, 0.6) is 0 Å². The number of nitrogens with one attached hydrogen (secondary N) is 1. The van der Waals surface area contributed by atoms with Crippen LogP contribution in [0.25, 0.3) is 11.1 Å². The molecule has 1 fully saturated rings. The predicted octanol–water partition coefficient (Wildman–Crippen LogP) is 4.17. The van der Waals surface area contributed by atoms with Crippen molar-refractivity contribution in [2.75, 3.05) is 6.61 Å². The smallest absolute Gasteiger partial charge is 0.407 e. The van der Waals surface area contributed by atoms with Gasteiger partial charge in [-0.15, -0.1) is 0 Å². The van der Waals surface area contributed by atoms with Crippen molar-refractivity contribution in [3.05, 3.63) is 59.7 Å². The van der Waals surface area contributed by atoms with E-state index in [0.717, 1.165) is 47.9 Å². The van der Waals surface area contributed by atoms with Crippen LogP contribution < -0.4 is 5.32 Å². The largest absolute Gasteiger partial charge is 0.480 e. The van der Waals surface area contributed by atoms with Crippen molar-refractivity contribution < 1.29 is 19.4 Å². The van der Waals surface area contributed by atoms with Crippen molar-refractivity contribution in [3.63, 3.8) is 0 Å². The van der Waals surface area contributed by atoms with Gasteiger partial charge in [-0.1, -0.05) is 61.4 Å². The van der Waals surface area contributed by atoms with E-state index < -0.39 is 18.1 Å². The van der Waals surface area contributed by atoms with Gasteiger partial charge in [-0.05, 0) is 41.0 Å². The molecule has 2 aromatic rings. The highest BCUT2D eigenvalue weighted by molar-refractivity contribution is 5.81. The summed E-state index contributed by atoms with van der Waals surface area (Å²) < 4.78 is 5.47. The third-order valence-corrected chi connectivity index (χ3v) is 5.75. The van der Waals surface area contributed by atoms with E-state index in [1.165, 1.54) is 0 Å². The lowest BCUT2D eigenvalue weighted by Gasteiger charge is -2.21. The van der Waals surface area contributed by atoms with E-state index in [1.54, 1.807) is 0 Å². The normalized spacial score (nSPS) is 17.2. The molecule has 5 nitrogen and oxygen atoms in total. The van der Waals surface area contributed by atoms with E-state index in [2.05, 4.69) is 29.6 Å². The second-order valence-electron chi connectivity index (χ2n) is 7.33. The van der Waals surface area contributed by atoms with Crippen molar-refractivity contribution >= 4 is 12.1 Å². The summed E-state index contributed by atoms with van der Waals surface area (Å²) in [6.07, 6.45) is 3.04. The number of carboxylic acids is 1. The van der Waals surface area contributed by atoms with Gasteiger partial charge in [0, 0.05) is 5.92 Å². The first-order chi connectivity index (χ1) is 13.1. The molecule has 0 radical (unpaired) electrons. The number of benzene rings is 2. The van der Waals surface area contributed by atoms with E-state index in [1.807, 2.05) is 24.3 Å². The number of fused-ring (bicyclic) bond motifs is 3. The summed E-state index contributed by atoms with van der Waals surface area (Å²) in [7, 11) is 0. The summed E-state index contributed by atoms with van der Waals surface area (Å²) in [5, 5.41) is 12.0. The molecule has 4 rings (SSSR count). The van der Waals surface area contributed by atoms with E-state index >= 15 is 0 Å². The average molecular weight is 365 g/mol. The van der Waals surface area contributed by atoms with Crippen LogP contribution in [0.4, 0.5) is 4.79 Å². The molecule has 1 atom stereocenters. The number of rotatable bonds is 5. The molecule has 0 spiro atoms. The maximum Gasteiger partial charge on any atom is 0.407 e.